The van der Waals surface area contributed by atoms with E-state index in [2.05, 4.69) is 5.32 Å². The Morgan fingerprint density at radius 3 is 1.94 bits per heavy atom. The number of hydrogen-bond acceptors (Lipinski definition) is 2. The molecule has 2 amide bonds. The number of halogens is 4. The molecule has 0 bridgehead atoms. The molecule has 0 aliphatic carbocycles. The average molecular weight is 313 g/mol. The third-order valence-corrected chi connectivity index (χ3v) is 3.72. The van der Waals surface area contributed by atoms with E-state index in [9.17, 15) is 9.59 Å². The second-order valence-corrected chi connectivity index (χ2v) is 5.24. The van der Waals surface area contributed by atoms with Crippen LogP contribution in [-0.4, -0.2) is 17.2 Å². The van der Waals surface area contributed by atoms with Gasteiger partial charge in [0.25, 0.3) is 0 Å². The zero-order chi connectivity index (χ0) is 12.7. The number of benzene rings is 1. The molecule has 1 aliphatic heterocycles. The fourth-order valence-electron chi connectivity index (χ4n) is 1.68. The summed E-state index contributed by atoms with van der Waals surface area (Å²) in [6.07, 6.45) is 0. The first-order chi connectivity index (χ1) is 7.91. The molecule has 0 spiro atoms. The van der Waals surface area contributed by atoms with Gasteiger partial charge in [0.15, 0.2) is 0 Å². The number of rotatable bonds is 1. The zero-order valence-corrected chi connectivity index (χ0v) is 11.2. The highest BCUT2D eigenvalue weighted by Gasteiger charge is 2.43. The topological polar surface area (TPSA) is 46.2 Å². The lowest BCUT2D eigenvalue weighted by molar-refractivity contribution is -0.125. The SMILES string of the molecule is O=C1NC(=O)C(c2c(Cl)cc(Cl)cc2Cl)C1Cl. The minimum Gasteiger partial charge on any atom is -0.295 e. The van der Waals surface area contributed by atoms with Gasteiger partial charge in [0.2, 0.25) is 11.8 Å². The van der Waals surface area contributed by atoms with Gasteiger partial charge in [-0.1, -0.05) is 34.8 Å². The van der Waals surface area contributed by atoms with Crippen LogP contribution >= 0.6 is 46.4 Å². The zero-order valence-electron chi connectivity index (χ0n) is 8.14. The average Bonchev–Trinajstić information content (AvgIpc) is 2.43. The molecule has 1 aliphatic rings. The summed E-state index contributed by atoms with van der Waals surface area (Å²) < 4.78 is 0. The van der Waals surface area contributed by atoms with Gasteiger partial charge < -0.3 is 0 Å². The highest BCUT2D eigenvalue weighted by molar-refractivity contribution is 6.41. The first kappa shape index (κ1) is 13.0. The number of amides is 2. The summed E-state index contributed by atoms with van der Waals surface area (Å²) in [5.41, 5.74) is 0.320. The minimum absolute atomic E-state index is 0.211. The van der Waals surface area contributed by atoms with Crippen LogP contribution in [0, 0.1) is 0 Å². The van der Waals surface area contributed by atoms with E-state index >= 15 is 0 Å². The largest absolute Gasteiger partial charge is 0.295 e. The van der Waals surface area contributed by atoms with E-state index in [4.69, 9.17) is 46.4 Å². The summed E-state index contributed by atoms with van der Waals surface area (Å²) in [6, 6.07) is 2.90. The van der Waals surface area contributed by atoms with Crippen molar-refractivity contribution in [3.8, 4) is 0 Å². The van der Waals surface area contributed by atoms with Crippen LogP contribution in [0.3, 0.4) is 0 Å². The summed E-state index contributed by atoms with van der Waals surface area (Å²) >= 11 is 23.6. The summed E-state index contributed by atoms with van der Waals surface area (Å²) in [6.45, 7) is 0. The van der Waals surface area contributed by atoms with Crippen LogP contribution in [0.2, 0.25) is 15.1 Å². The van der Waals surface area contributed by atoms with E-state index in [1.807, 2.05) is 0 Å². The molecular weight excluding hydrogens is 308 g/mol. The van der Waals surface area contributed by atoms with Crippen molar-refractivity contribution in [1.29, 1.82) is 0 Å². The van der Waals surface area contributed by atoms with Gasteiger partial charge >= 0.3 is 0 Å². The van der Waals surface area contributed by atoms with Crippen molar-refractivity contribution in [2.45, 2.75) is 11.3 Å². The second-order valence-electron chi connectivity index (χ2n) is 3.52. The first-order valence-electron chi connectivity index (χ1n) is 4.55. The number of imide groups is 1. The standard InChI is InChI=1S/C10H5Cl4NO2/c11-3-1-4(12)6(5(13)2-3)7-8(14)10(17)15-9(7)16/h1-2,7-8H,(H,15,16,17). The number of alkyl halides is 1. The molecule has 2 rings (SSSR count). The van der Waals surface area contributed by atoms with E-state index in [1.165, 1.54) is 12.1 Å². The summed E-state index contributed by atoms with van der Waals surface area (Å²) in [4.78, 5) is 22.9. The molecule has 0 saturated carbocycles. The van der Waals surface area contributed by atoms with Gasteiger partial charge in [-0.3, -0.25) is 14.9 Å². The van der Waals surface area contributed by atoms with Crippen molar-refractivity contribution in [2.75, 3.05) is 0 Å². The molecule has 90 valence electrons. The van der Waals surface area contributed by atoms with Crippen LogP contribution < -0.4 is 5.32 Å². The van der Waals surface area contributed by atoms with Gasteiger partial charge in [0.05, 0.1) is 5.92 Å². The lowest BCUT2D eigenvalue weighted by atomic mass is 9.97. The van der Waals surface area contributed by atoms with E-state index in [1.54, 1.807) is 0 Å². The third kappa shape index (κ3) is 2.25. The van der Waals surface area contributed by atoms with E-state index in [0.29, 0.717) is 10.6 Å². The molecule has 1 N–H and O–H groups in total. The Balaban J connectivity index is 2.54. The summed E-state index contributed by atoms with van der Waals surface area (Å²) in [7, 11) is 0. The van der Waals surface area contributed by atoms with Crippen LogP contribution in [0.5, 0.6) is 0 Å². The molecule has 2 atom stereocenters. The molecule has 1 aromatic carbocycles. The molecule has 3 nitrogen and oxygen atoms in total. The second kappa shape index (κ2) is 4.65. The maximum atomic E-state index is 11.6. The molecule has 0 radical (unpaired) electrons. The van der Waals surface area contributed by atoms with Gasteiger partial charge in [-0.05, 0) is 12.1 Å². The Kier molecular flexibility index (Phi) is 3.55. The maximum Gasteiger partial charge on any atom is 0.245 e. The van der Waals surface area contributed by atoms with Crippen LogP contribution in [0.4, 0.5) is 0 Å². The Morgan fingerprint density at radius 2 is 1.53 bits per heavy atom. The molecular formula is C10H5Cl4NO2. The van der Waals surface area contributed by atoms with Crippen LogP contribution in [-0.2, 0) is 9.59 Å². The minimum atomic E-state index is -1.02. The van der Waals surface area contributed by atoms with Gasteiger partial charge in [-0.15, -0.1) is 11.6 Å². The highest BCUT2D eigenvalue weighted by Crippen LogP contribution is 2.39. The van der Waals surface area contributed by atoms with Crippen LogP contribution in [0.15, 0.2) is 12.1 Å². The quantitative estimate of drug-likeness (QED) is 0.640. The van der Waals surface area contributed by atoms with E-state index in [0.717, 1.165) is 0 Å². The Morgan fingerprint density at radius 1 is 1.00 bits per heavy atom. The van der Waals surface area contributed by atoms with Crippen molar-refractivity contribution >= 4 is 58.2 Å². The monoisotopic (exact) mass is 311 g/mol. The summed E-state index contributed by atoms with van der Waals surface area (Å²) in [5, 5.41) is 1.88. The molecule has 17 heavy (non-hydrogen) atoms. The smallest absolute Gasteiger partial charge is 0.245 e. The molecule has 7 heteroatoms. The normalized spacial score (nSPS) is 24.0. The van der Waals surface area contributed by atoms with Gasteiger partial charge in [0.1, 0.15) is 5.38 Å². The van der Waals surface area contributed by atoms with E-state index in [-0.39, 0.29) is 10.0 Å². The van der Waals surface area contributed by atoms with Crippen molar-refractivity contribution in [3.05, 3.63) is 32.8 Å². The fraction of sp³-hybridized carbons (Fsp3) is 0.200. The summed E-state index contributed by atoms with van der Waals surface area (Å²) in [5.74, 6) is -1.95. The Labute approximate surface area is 117 Å². The van der Waals surface area contributed by atoms with Crippen LogP contribution in [0.1, 0.15) is 11.5 Å². The number of hydrogen-bond donors (Lipinski definition) is 1. The first-order valence-corrected chi connectivity index (χ1v) is 6.12. The lowest BCUT2D eigenvalue weighted by Crippen LogP contribution is -2.22. The molecule has 0 aromatic heterocycles. The molecule has 1 saturated heterocycles. The fourth-order valence-corrected chi connectivity index (χ4v) is 3.03. The van der Waals surface area contributed by atoms with Crippen molar-refractivity contribution in [3.63, 3.8) is 0 Å². The van der Waals surface area contributed by atoms with Crippen molar-refractivity contribution in [2.24, 2.45) is 0 Å². The van der Waals surface area contributed by atoms with Crippen molar-refractivity contribution in [1.82, 2.24) is 5.32 Å². The molecule has 2 unspecified atom stereocenters. The highest BCUT2D eigenvalue weighted by atomic mass is 35.5. The van der Waals surface area contributed by atoms with Gasteiger partial charge in [0, 0.05) is 20.6 Å². The Hall–Kier alpha value is -0.480. The third-order valence-electron chi connectivity index (χ3n) is 2.43. The number of carbonyl (C=O) groups is 2. The number of nitrogens with one attached hydrogen (secondary N) is 1. The Bertz CT molecular complexity index is 494. The van der Waals surface area contributed by atoms with Crippen molar-refractivity contribution < 1.29 is 9.59 Å². The van der Waals surface area contributed by atoms with Crippen LogP contribution in [0.25, 0.3) is 0 Å². The predicted molar refractivity (Wildman–Crippen MR) is 67.0 cm³/mol. The number of carbonyl (C=O) groups excluding carboxylic acids is 2. The lowest BCUT2D eigenvalue weighted by Gasteiger charge is -2.14. The predicted octanol–water partition coefficient (Wildman–Crippen LogP) is 2.99. The maximum absolute atomic E-state index is 11.6. The van der Waals surface area contributed by atoms with Gasteiger partial charge in [-0.2, -0.15) is 0 Å². The molecule has 1 aromatic rings. The molecule has 1 fully saturated rings. The van der Waals surface area contributed by atoms with Gasteiger partial charge in [-0.25, -0.2) is 0 Å². The van der Waals surface area contributed by atoms with E-state index < -0.39 is 23.1 Å². The molecule has 1 heterocycles.